The number of alkyl halides is 4. The maximum Gasteiger partial charge on any atom is 0.417 e. The fourth-order valence-electron chi connectivity index (χ4n) is 2.70. The molecular weight excluding hydrogens is 378 g/mol. The summed E-state index contributed by atoms with van der Waals surface area (Å²) in [5, 5.41) is 0. The Bertz CT molecular complexity index is 668. The molecule has 0 radical (unpaired) electrons. The first-order chi connectivity index (χ1) is 11.8. The minimum atomic E-state index is -4.61. The molecular formula is C16H16ClF3NO3P. The van der Waals surface area contributed by atoms with Crippen LogP contribution in [0.1, 0.15) is 29.9 Å². The molecule has 136 valence electrons. The third kappa shape index (κ3) is 4.33. The van der Waals surface area contributed by atoms with E-state index in [4.69, 9.17) is 16.3 Å². The lowest BCUT2D eigenvalue weighted by atomic mass is 9.89. The Hall–Kier alpha value is -1.59. The summed E-state index contributed by atoms with van der Waals surface area (Å²) in [6.07, 6.45) is -1.40. The summed E-state index contributed by atoms with van der Waals surface area (Å²) in [5.41, 5.74) is -1.05. The first-order valence-corrected chi connectivity index (χ1v) is 9.17. The number of rotatable bonds is 6. The van der Waals surface area contributed by atoms with Gasteiger partial charge < -0.3 is 4.74 Å². The van der Waals surface area contributed by atoms with E-state index in [0.29, 0.717) is 14.6 Å². The van der Waals surface area contributed by atoms with Gasteiger partial charge in [0.05, 0.1) is 11.5 Å². The van der Waals surface area contributed by atoms with Crippen molar-refractivity contribution in [1.29, 1.82) is 0 Å². The number of carbonyl (C=O) groups excluding carboxylic acids is 2. The summed E-state index contributed by atoms with van der Waals surface area (Å²) in [5.74, 6) is -2.26. The van der Waals surface area contributed by atoms with E-state index in [0.717, 1.165) is 11.0 Å². The average Bonchev–Trinajstić information content (AvgIpc) is 2.95. The van der Waals surface area contributed by atoms with Gasteiger partial charge in [-0.25, -0.2) is 9.69 Å². The predicted molar refractivity (Wildman–Crippen MR) is 90.2 cm³/mol. The lowest BCUT2D eigenvalue weighted by Crippen LogP contribution is -2.40. The van der Waals surface area contributed by atoms with E-state index in [1.807, 2.05) is 0 Å². The first-order valence-electron chi connectivity index (χ1n) is 7.49. The van der Waals surface area contributed by atoms with Crippen LogP contribution < -0.4 is 0 Å². The van der Waals surface area contributed by atoms with Gasteiger partial charge in [0.2, 0.25) is 5.91 Å². The normalized spacial score (nSPS) is 19.1. The quantitative estimate of drug-likeness (QED) is 0.528. The number of hydrogen-bond donors (Lipinski definition) is 0. The predicted octanol–water partition coefficient (Wildman–Crippen LogP) is 4.49. The second-order valence-corrected chi connectivity index (χ2v) is 6.76. The van der Waals surface area contributed by atoms with E-state index in [9.17, 15) is 22.8 Å². The fraction of sp³-hybridized carbons (Fsp3) is 0.438. The Kier molecular flexibility index (Phi) is 6.47. The van der Waals surface area contributed by atoms with Gasteiger partial charge in [-0.1, -0.05) is 32.7 Å². The van der Waals surface area contributed by atoms with E-state index in [1.54, 1.807) is 0 Å². The summed E-state index contributed by atoms with van der Waals surface area (Å²) in [7, 11) is 0.475. The highest BCUT2D eigenvalue weighted by atomic mass is 35.5. The van der Waals surface area contributed by atoms with Crippen molar-refractivity contribution in [2.24, 2.45) is 0 Å². The molecule has 0 spiro atoms. The molecule has 25 heavy (non-hydrogen) atoms. The molecule has 2 amide bonds. The largest absolute Gasteiger partial charge is 0.446 e. The van der Waals surface area contributed by atoms with E-state index >= 15 is 0 Å². The van der Waals surface area contributed by atoms with Crippen LogP contribution in [0.3, 0.4) is 0 Å². The van der Waals surface area contributed by atoms with Crippen LogP contribution in [0, 0.1) is 0 Å². The summed E-state index contributed by atoms with van der Waals surface area (Å²) >= 11 is 5.66. The van der Waals surface area contributed by atoms with Crippen LogP contribution in [0.2, 0.25) is 0 Å². The topological polar surface area (TPSA) is 46.6 Å². The van der Waals surface area contributed by atoms with Gasteiger partial charge in [-0.15, -0.1) is 11.6 Å². The number of halogens is 4. The molecule has 2 unspecified atom stereocenters. The highest BCUT2D eigenvalue weighted by Crippen LogP contribution is 2.38. The lowest BCUT2D eigenvalue weighted by molar-refractivity contribution is -0.139. The van der Waals surface area contributed by atoms with Gasteiger partial charge in [0.15, 0.2) is 0 Å². The number of benzene rings is 1. The SMILES string of the molecule is C=PC1COC(=O)N1C(=O)C(CCCCl)c1ccccc1C(F)(F)F. The Labute approximate surface area is 149 Å². The number of imide groups is 1. The molecule has 1 fully saturated rings. The molecule has 0 aromatic heterocycles. The third-order valence-corrected chi connectivity index (χ3v) is 4.93. The minimum Gasteiger partial charge on any atom is -0.446 e. The number of nitrogens with zero attached hydrogens (tertiary/aromatic N) is 1. The molecule has 0 N–H and O–H groups in total. The van der Waals surface area contributed by atoms with E-state index in [1.165, 1.54) is 18.2 Å². The van der Waals surface area contributed by atoms with E-state index in [-0.39, 0.29) is 24.5 Å². The Morgan fingerprint density at radius 1 is 1.44 bits per heavy atom. The highest BCUT2D eigenvalue weighted by Gasteiger charge is 2.43. The van der Waals surface area contributed by atoms with Crippen molar-refractivity contribution in [2.75, 3.05) is 12.5 Å². The molecule has 2 atom stereocenters. The Morgan fingerprint density at radius 2 is 2.12 bits per heavy atom. The van der Waals surface area contributed by atoms with Crippen molar-refractivity contribution >= 4 is 38.1 Å². The average molecular weight is 394 g/mol. The van der Waals surface area contributed by atoms with Gasteiger partial charge in [-0.3, -0.25) is 4.79 Å². The van der Waals surface area contributed by atoms with Gasteiger partial charge in [-0.05, 0) is 24.5 Å². The zero-order valence-corrected chi connectivity index (χ0v) is 14.8. The molecule has 1 aromatic rings. The van der Waals surface area contributed by atoms with Crippen LogP contribution in [0.25, 0.3) is 0 Å². The fourth-order valence-corrected chi connectivity index (χ4v) is 3.41. The molecule has 0 bridgehead atoms. The molecule has 0 saturated carbocycles. The van der Waals surface area contributed by atoms with Crippen LogP contribution in [-0.4, -0.2) is 41.5 Å². The van der Waals surface area contributed by atoms with Crippen molar-refractivity contribution in [3.8, 4) is 0 Å². The lowest BCUT2D eigenvalue weighted by Gasteiger charge is -2.25. The van der Waals surface area contributed by atoms with Crippen LogP contribution in [-0.2, 0) is 15.7 Å². The second-order valence-electron chi connectivity index (χ2n) is 5.42. The molecule has 1 aliphatic heterocycles. The number of amides is 2. The summed E-state index contributed by atoms with van der Waals surface area (Å²) < 4.78 is 44.9. The van der Waals surface area contributed by atoms with Gasteiger partial charge in [0.25, 0.3) is 0 Å². The van der Waals surface area contributed by atoms with Crippen molar-refractivity contribution in [2.45, 2.75) is 30.7 Å². The molecule has 1 saturated heterocycles. The molecule has 1 heterocycles. The zero-order chi connectivity index (χ0) is 18.6. The van der Waals surface area contributed by atoms with Gasteiger partial charge >= 0.3 is 12.3 Å². The van der Waals surface area contributed by atoms with Crippen molar-refractivity contribution in [1.82, 2.24) is 4.90 Å². The molecule has 0 aliphatic carbocycles. The second kappa shape index (κ2) is 8.19. The van der Waals surface area contributed by atoms with E-state index in [2.05, 4.69) is 6.30 Å². The zero-order valence-electron chi connectivity index (χ0n) is 13.1. The van der Waals surface area contributed by atoms with Gasteiger partial charge in [0, 0.05) is 5.88 Å². The smallest absolute Gasteiger partial charge is 0.417 e. The minimum absolute atomic E-state index is 0.0151. The van der Waals surface area contributed by atoms with Crippen molar-refractivity contribution < 1.29 is 27.5 Å². The Morgan fingerprint density at radius 3 is 2.72 bits per heavy atom. The highest BCUT2D eigenvalue weighted by molar-refractivity contribution is 7.37. The standard InChI is InChI=1S/C16H16ClF3NO3P/c1-25-13-9-24-15(23)21(13)14(22)11(6-4-8-17)10-5-2-3-7-12(10)16(18,19)20/h2-3,5,7,11,13H,1,4,6,8-9H2. The number of hydrogen-bond acceptors (Lipinski definition) is 3. The van der Waals surface area contributed by atoms with Crippen molar-refractivity contribution in [3.05, 3.63) is 35.4 Å². The maximum atomic E-state index is 13.3. The third-order valence-electron chi connectivity index (χ3n) is 3.86. The Balaban J connectivity index is 2.45. The van der Waals surface area contributed by atoms with Crippen LogP contribution in [0.4, 0.5) is 18.0 Å². The molecule has 9 heteroatoms. The monoisotopic (exact) mass is 393 g/mol. The van der Waals surface area contributed by atoms with Crippen LogP contribution in [0.5, 0.6) is 0 Å². The van der Waals surface area contributed by atoms with Crippen molar-refractivity contribution in [3.63, 3.8) is 0 Å². The first kappa shape index (κ1) is 19.7. The van der Waals surface area contributed by atoms with Gasteiger partial charge in [-0.2, -0.15) is 13.2 Å². The number of cyclic esters (lactones) is 1. The number of carbonyl (C=O) groups is 2. The maximum absolute atomic E-state index is 13.3. The molecule has 1 aromatic carbocycles. The van der Waals surface area contributed by atoms with Crippen LogP contribution >= 0.6 is 19.8 Å². The molecule has 1 aliphatic rings. The summed E-state index contributed by atoms with van der Waals surface area (Å²) in [6, 6.07) is 4.88. The molecule has 4 nitrogen and oxygen atoms in total. The van der Waals surface area contributed by atoms with Crippen LogP contribution in [0.15, 0.2) is 24.3 Å². The summed E-state index contributed by atoms with van der Waals surface area (Å²) in [6.45, 7) is -0.0151. The number of ether oxygens (including phenoxy) is 1. The molecule has 2 rings (SSSR count). The summed E-state index contributed by atoms with van der Waals surface area (Å²) in [4.78, 5) is 25.6. The van der Waals surface area contributed by atoms with E-state index < -0.39 is 35.4 Å². The van der Waals surface area contributed by atoms with Gasteiger partial charge in [0.1, 0.15) is 12.4 Å².